The van der Waals surface area contributed by atoms with Crippen LogP contribution in [0.25, 0.3) is 0 Å². The molecule has 60 valence electrons. The summed E-state index contributed by atoms with van der Waals surface area (Å²) in [6, 6.07) is 1.29. The summed E-state index contributed by atoms with van der Waals surface area (Å²) in [5.41, 5.74) is 5.98. The molecular formula is C6H8BrFN3+. The van der Waals surface area contributed by atoms with Crippen LogP contribution in [0, 0.1) is 12.7 Å². The zero-order valence-corrected chi connectivity index (χ0v) is 7.52. The second-order valence-corrected chi connectivity index (χ2v) is 3.04. The number of hydrogen-bond donors (Lipinski definition) is 2. The molecule has 1 heterocycles. The van der Waals surface area contributed by atoms with E-state index in [-0.39, 0.29) is 5.82 Å². The smallest absolute Gasteiger partial charge is 0.283 e. The highest BCUT2D eigenvalue weighted by atomic mass is 79.9. The largest absolute Gasteiger partial charge is 0.332 e. The highest BCUT2D eigenvalue weighted by Gasteiger charge is 2.14. The molecule has 0 spiro atoms. The van der Waals surface area contributed by atoms with Crippen LogP contribution in [-0.4, -0.2) is 0 Å². The molecule has 4 N–H and O–H groups in total. The van der Waals surface area contributed by atoms with Gasteiger partial charge in [0.05, 0.1) is 4.47 Å². The zero-order valence-electron chi connectivity index (χ0n) is 5.94. The topological polar surface area (TPSA) is 55.9 Å². The fraction of sp³-hybridized carbons (Fsp3) is 0.167. The molecule has 0 bridgehead atoms. The Hall–Kier alpha value is -0.840. The number of anilines is 1. The third-order valence-corrected chi connectivity index (χ3v) is 2.27. The first-order chi connectivity index (χ1) is 5.04. The van der Waals surface area contributed by atoms with Gasteiger partial charge in [-0.15, -0.1) is 4.68 Å². The van der Waals surface area contributed by atoms with Crippen molar-refractivity contribution in [1.82, 2.24) is 0 Å². The quantitative estimate of drug-likeness (QED) is 0.494. The van der Waals surface area contributed by atoms with Gasteiger partial charge in [0.2, 0.25) is 5.82 Å². The first kappa shape index (κ1) is 8.26. The van der Waals surface area contributed by atoms with E-state index in [1.54, 1.807) is 6.92 Å². The van der Waals surface area contributed by atoms with Crippen LogP contribution in [0.15, 0.2) is 10.5 Å². The summed E-state index contributed by atoms with van der Waals surface area (Å²) in [5.74, 6) is 4.82. The molecule has 1 aromatic rings. The van der Waals surface area contributed by atoms with Crippen molar-refractivity contribution in [1.29, 1.82) is 0 Å². The van der Waals surface area contributed by atoms with Gasteiger partial charge in [0, 0.05) is 13.0 Å². The Labute approximate surface area is 71.9 Å². The van der Waals surface area contributed by atoms with Gasteiger partial charge in [0.1, 0.15) is 5.69 Å². The third kappa shape index (κ3) is 1.28. The molecule has 1 aromatic heterocycles. The monoisotopic (exact) mass is 220 g/mol. The van der Waals surface area contributed by atoms with Crippen molar-refractivity contribution in [3.05, 3.63) is 22.1 Å². The number of hydrogen-bond acceptors (Lipinski definition) is 2. The maximum Gasteiger partial charge on any atom is 0.332 e. The van der Waals surface area contributed by atoms with Crippen molar-refractivity contribution < 1.29 is 9.07 Å². The fourth-order valence-corrected chi connectivity index (χ4v) is 1.09. The molecule has 0 radical (unpaired) electrons. The number of rotatable bonds is 0. The Morgan fingerprint density at radius 2 is 2.18 bits per heavy atom. The Bertz CT molecular complexity index is 274. The van der Waals surface area contributed by atoms with E-state index in [1.807, 2.05) is 0 Å². The van der Waals surface area contributed by atoms with Crippen LogP contribution >= 0.6 is 15.9 Å². The van der Waals surface area contributed by atoms with E-state index < -0.39 is 5.82 Å². The first-order valence-corrected chi connectivity index (χ1v) is 3.74. The van der Waals surface area contributed by atoms with Gasteiger partial charge in [-0.2, -0.15) is 4.39 Å². The van der Waals surface area contributed by atoms with Gasteiger partial charge in [-0.1, -0.05) is 0 Å². The Kier molecular flexibility index (Phi) is 1.99. The summed E-state index contributed by atoms with van der Waals surface area (Å²) in [4.78, 5) is 0. The Morgan fingerprint density at radius 3 is 2.73 bits per heavy atom. The molecule has 1 rings (SSSR count). The molecule has 0 amide bonds. The van der Waals surface area contributed by atoms with Gasteiger partial charge in [-0.25, -0.2) is 0 Å². The number of nitrogens with two attached hydrogens (primary N) is 2. The summed E-state index contributed by atoms with van der Waals surface area (Å²) < 4.78 is 14.5. The van der Waals surface area contributed by atoms with E-state index in [1.165, 1.54) is 6.07 Å². The fourth-order valence-electron chi connectivity index (χ4n) is 0.700. The van der Waals surface area contributed by atoms with Crippen molar-refractivity contribution >= 4 is 21.7 Å². The average Bonchev–Trinajstić information content (AvgIpc) is 1.97. The van der Waals surface area contributed by atoms with E-state index in [0.717, 1.165) is 4.68 Å². The summed E-state index contributed by atoms with van der Waals surface area (Å²) in [7, 11) is 0. The molecule has 0 unspecified atom stereocenters. The highest BCUT2D eigenvalue weighted by Crippen LogP contribution is 2.15. The lowest BCUT2D eigenvalue weighted by atomic mass is 10.3. The normalized spacial score (nSPS) is 10.1. The van der Waals surface area contributed by atoms with Crippen molar-refractivity contribution in [2.24, 2.45) is 0 Å². The Morgan fingerprint density at radius 1 is 1.64 bits per heavy atom. The number of nitrogens with zero attached hydrogens (tertiary/aromatic N) is 1. The van der Waals surface area contributed by atoms with E-state index in [0.29, 0.717) is 10.2 Å². The third-order valence-electron chi connectivity index (χ3n) is 1.46. The minimum Gasteiger partial charge on any atom is -0.283 e. The van der Waals surface area contributed by atoms with E-state index in [4.69, 9.17) is 11.6 Å². The van der Waals surface area contributed by atoms with E-state index in [9.17, 15) is 4.39 Å². The molecule has 0 saturated heterocycles. The SMILES string of the molecule is Cc1c(Br)cc(F)c(N)[n+]1N. The van der Waals surface area contributed by atoms with Crippen molar-refractivity contribution in [2.75, 3.05) is 11.6 Å². The lowest BCUT2D eigenvalue weighted by molar-refractivity contribution is -0.632. The van der Waals surface area contributed by atoms with E-state index in [2.05, 4.69) is 15.9 Å². The molecule has 5 heteroatoms. The first-order valence-electron chi connectivity index (χ1n) is 2.95. The maximum absolute atomic E-state index is 12.8. The van der Waals surface area contributed by atoms with Gasteiger partial charge in [0.15, 0.2) is 0 Å². The maximum atomic E-state index is 12.8. The molecule has 0 aliphatic rings. The summed E-state index contributed by atoms with van der Waals surface area (Å²) in [5, 5.41) is 0. The summed E-state index contributed by atoms with van der Waals surface area (Å²) >= 11 is 3.13. The van der Waals surface area contributed by atoms with Crippen LogP contribution < -0.4 is 16.3 Å². The highest BCUT2D eigenvalue weighted by molar-refractivity contribution is 9.10. The minimum atomic E-state index is -0.523. The molecule has 0 atom stereocenters. The zero-order chi connectivity index (χ0) is 8.59. The number of halogens is 2. The average molecular weight is 221 g/mol. The minimum absolute atomic E-state index is 0.0642. The molecule has 0 saturated carbocycles. The van der Waals surface area contributed by atoms with Crippen molar-refractivity contribution in [3.8, 4) is 0 Å². The standard InChI is InChI=1S/C6H7BrFN3/c1-3-4(7)2-5(8)6(9)11(3)10/h2,9H,10H2,1H3/p+1. The van der Waals surface area contributed by atoms with Crippen molar-refractivity contribution in [3.63, 3.8) is 0 Å². The Balaban J connectivity index is 3.46. The molecule has 0 fully saturated rings. The lowest BCUT2D eigenvalue weighted by Crippen LogP contribution is -2.50. The number of pyridine rings is 1. The van der Waals surface area contributed by atoms with Crippen LogP contribution in [0.2, 0.25) is 0 Å². The van der Waals surface area contributed by atoms with Gasteiger partial charge >= 0.3 is 5.82 Å². The summed E-state index contributed by atoms with van der Waals surface area (Å²) in [6.07, 6.45) is 0. The second kappa shape index (κ2) is 2.65. The molecule has 0 aliphatic heterocycles. The van der Waals surface area contributed by atoms with Gasteiger partial charge in [-0.3, -0.25) is 11.6 Å². The molecule has 11 heavy (non-hydrogen) atoms. The van der Waals surface area contributed by atoms with Crippen molar-refractivity contribution in [2.45, 2.75) is 6.92 Å². The molecule has 0 aliphatic carbocycles. The molecule has 0 aromatic carbocycles. The second-order valence-electron chi connectivity index (χ2n) is 2.18. The number of aromatic nitrogens is 1. The van der Waals surface area contributed by atoms with Crippen LogP contribution in [0.1, 0.15) is 5.69 Å². The predicted octanol–water partition coefficient (Wildman–Crippen LogP) is 0.480. The van der Waals surface area contributed by atoms with Gasteiger partial charge in [-0.05, 0) is 15.9 Å². The molecule has 3 nitrogen and oxygen atoms in total. The van der Waals surface area contributed by atoms with Gasteiger partial charge < -0.3 is 0 Å². The molecular weight excluding hydrogens is 213 g/mol. The van der Waals surface area contributed by atoms with Crippen LogP contribution in [0.4, 0.5) is 10.2 Å². The van der Waals surface area contributed by atoms with Crippen LogP contribution in [0.5, 0.6) is 0 Å². The lowest BCUT2D eigenvalue weighted by Gasteiger charge is -2.01. The van der Waals surface area contributed by atoms with Gasteiger partial charge in [0.25, 0.3) is 0 Å². The van der Waals surface area contributed by atoms with Crippen LogP contribution in [-0.2, 0) is 0 Å². The number of nitrogen functional groups attached to an aromatic ring is 2. The summed E-state index contributed by atoms with van der Waals surface area (Å²) in [6.45, 7) is 1.74. The predicted molar refractivity (Wildman–Crippen MR) is 43.6 cm³/mol. The van der Waals surface area contributed by atoms with Crippen LogP contribution in [0.3, 0.4) is 0 Å². The van der Waals surface area contributed by atoms with E-state index >= 15 is 0 Å².